The number of amides is 5. The second kappa shape index (κ2) is 46.6. The number of carbonyl (C=O) groups is 5. The van der Waals surface area contributed by atoms with Gasteiger partial charge in [0.15, 0.2) is 0 Å². The van der Waals surface area contributed by atoms with Crippen LogP contribution in [0.5, 0.6) is 57.5 Å². The summed E-state index contributed by atoms with van der Waals surface area (Å²) in [5.74, 6) is 7.28. The first-order valence-corrected chi connectivity index (χ1v) is 37.7. The normalized spacial score (nSPS) is 9.88. The van der Waals surface area contributed by atoms with Crippen molar-refractivity contribution in [3.8, 4) is 69.8 Å². The molecular formula is C95H82Cl3N11O10S. The first-order chi connectivity index (χ1) is 56.8. The number of hydrogen-bond acceptors (Lipinski definition) is 17. The fourth-order valence-electron chi connectivity index (χ4n) is 10.5. The predicted octanol–water partition coefficient (Wildman–Crippen LogP) is 24.9. The van der Waals surface area contributed by atoms with Gasteiger partial charge in [-0.2, -0.15) is 0 Å². The fourth-order valence-corrected chi connectivity index (χ4v) is 11.7. The smallest absolute Gasteiger partial charge is 0.275 e. The lowest BCUT2D eigenvalue weighted by molar-refractivity contribution is 0.101. The molecule has 0 bridgehead atoms. The molecule has 21 nitrogen and oxygen atoms in total. The van der Waals surface area contributed by atoms with E-state index in [1.54, 1.807) is 231 Å². The molecule has 120 heavy (non-hydrogen) atoms. The minimum atomic E-state index is -0.296. The van der Waals surface area contributed by atoms with Crippen molar-refractivity contribution in [2.45, 2.75) is 43.1 Å². The van der Waals surface area contributed by atoms with E-state index in [4.69, 9.17) is 64.9 Å². The number of rotatable bonds is 20. The zero-order valence-corrected chi connectivity index (χ0v) is 65.7. The summed E-state index contributed by atoms with van der Waals surface area (Å²) in [5, 5.41) is 17.1. The maximum Gasteiger partial charge on any atom is 0.275 e. The van der Waals surface area contributed by atoms with Gasteiger partial charge in [-0.15, -0.1) is 17.8 Å². The average Bonchev–Trinajstić information content (AvgIpc) is 1.24. The zero-order chi connectivity index (χ0) is 82.1. The van der Waals surface area contributed by atoms with Crippen molar-refractivity contribution >= 4 is 104 Å². The standard InChI is InChI=1S/C20H13ClN2O2.C19H15ClN2O2.2C19H16N2O2.C15H10ClN3O2S.3CH4/c1-2-14-5-3-6-15(9-14)20(24)23-17-10-16(21)11-19(12-17)25-18-7-4-8-22-13-18;1-13-4-2-5-14(8-13)19(23)22-16-9-15(20)10-18(11-16)24-17-6-3-7-21-12-17;2*1-14-5-2-6-15(11-14)19(22)21-16-7-3-8-17(12-16)23-18-9-4-10-20-13-18;16-10-4-11(19-15(20)14-8-22-9-18-14)6-13(5-10)21-12-2-1-3-17-7-12;;;/h1,3-13H,(H,23,24);2-12H,1H3,(H,22,23);2*2-13H,1H3,(H,21,22);1-9H,(H,19,20);3*1H4. The molecule has 0 radical (unpaired) electrons. The molecule has 604 valence electrons. The molecule has 9 aromatic carbocycles. The Kier molecular flexibility index (Phi) is 35.2. The number of nitrogens with one attached hydrogen (secondary N) is 5. The van der Waals surface area contributed by atoms with E-state index in [1.807, 2.05) is 124 Å². The molecule has 6 aromatic heterocycles. The quantitative estimate of drug-likeness (QED) is 0.0444. The number of nitrogens with zero attached hydrogens (tertiary/aromatic N) is 6. The van der Waals surface area contributed by atoms with E-state index < -0.39 is 0 Å². The maximum atomic E-state index is 12.4. The highest BCUT2D eigenvalue weighted by Crippen LogP contribution is 2.33. The molecule has 5 N–H and O–H groups in total. The Morgan fingerprint density at radius 3 is 0.900 bits per heavy atom. The van der Waals surface area contributed by atoms with Gasteiger partial charge >= 0.3 is 0 Å². The lowest BCUT2D eigenvalue weighted by Gasteiger charge is -2.10. The van der Waals surface area contributed by atoms with Crippen LogP contribution in [0.3, 0.4) is 0 Å². The number of thiazole rings is 1. The Morgan fingerprint density at radius 2 is 0.600 bits per heavy atom. The molecule has 0 aliphatic heterocycles. The Balaban J connectivity index is 0.000000186. The molecular weight excluding hydrogens is 1590 g/mol. The van der Waals surface area contributed by atoms with Crippen LogP contribution in [0.25, 0.3) is 0 Å². The van der Waals surface area contributed by atoms with Gasteiger partial charge in [0.25, 0.3) is 29.5 Å². The fraction of sp³-hybridized carbons (Fsp3) is 0.0632. The minimum Gasteiger partial charge on any atom is -0.456 e. The molecule has 5 amide bonds. The second-order valence-electron chi connectivity index (χ2n) is 25.0. The summed E-state index contributed by atoms with van der Waals surface area (Å²) >= 11 is 19.7. The number of aromatic nitrogens is 6. The van der Waals surface area contributed by atoms with Gasteiger partial charge in [-0.1, -0.05) is 134 Å². The van der Waals surface area contributed by atoms with Gasteiger partial charge in [0, 0.05) is 138 Å². The molecule has 0 saturated heterocycles. The van der Waals surface area contributed by atoms with Crippen LogP contribution in [0.1, 0.15) is 96.5 Å². The summed E-state index contributed by atoms with van der Waals surface area (Å²) in [6, 6.07) is 76.6. The number of carbonyl (C=O) groups excluding carboxylic acids is 5. The van der Waals surface area contributed by atoms with Gasteiger partial charge in [-0.05, 0) is 197 Å². The molecule has 15 rings (SSSR count). The predicted molar refractivity (Wildman–Crippen MR) is 479 cm³/mol. The molecule has 0 spiro atoms. The van der Waals surface area contributed by atoms with Crippen LogP contribution in [0.15, 0.2) is 334 Å². The first kappa shape index (κ1) is 90.7. The summed E-state index contributed by atoms with van der Waals surface area (Å²) in [6.45, 7) is 5.86. The molecule has 25 heteroatoms. The Bertz CT molecular complexity index is 5770. The van der Waals surface area contributed by atoms with Gasteiger partial charge in [-0.25, -0.2) is 4.98 Å². The number of aryl methyl sites for hydroxylation is 3. The van der Waals surface area contributed by atoms with Crippen LogP contribution in [0, 0.1) is 33.1 Å². The molecule has 15 aromatic rings. The van der Waals surface area contributed by atoms with Crippen LogP contribution in [0.4, 0.5) is 28.4 Å². The average molecular weight is 1680 g/mol. The summed E-state index contributed by atoms with van der Waals surface area (Å²) in [4.78, 5) is 85.2. The summed E-state index contributed by atoms with van der Waals surface area (Å²) < 4.78 is 28.5. The van der Waals surface area contributed by atoms with Crippen molar-refractivity contribution in [1.29, 1.82) is 0 Å². The molecule has 0 aliphatic rings. The number of hydrogen-bond donors (Lipinski definition) is 5. The van der Waals surface area contributed by atoms with E-state index in [2.05, 4.69) is 62.4 Å². The van der Waals surface area contributed by atoms with Crippen LogP contribution >= 0.6 is 46.1 Å². The number of halogens is 3. The van der Waals surface area contributed by atoms with Crippen LogP contribution in [-0.2, 0) is 0 Å². The van der Waals surface area contributed by atoms with Gasteiger partial charge in [-0.3, -0.25) is 48.9 Å². The van der Waals surface area contributed by atoms with Crippen molar-refractivity contribution in [3.63, 3.8) is 0 Å². The highest BCUT2D eigenvalue weighted by molar-refractivity contribution is 7.07. The molecule has 0 fully saturated rings. The van der Waals surface area contributed by atoms with Gasteiger partial charge in [0.1, 0.15) is 63.2 Å². The Labute approximate surface area is 715 Å². The number of terminal acetylenes is 1. The third-order valence-corrected chi connectivity index (χ3v) is 17.0. The van der Waals surface area contributed by atoms with E-state index in [9.17, 15) is 24.0 Å². The molecule has 0 aliphatic carbocycles. The van der Waals surface area contributed by atoms with Crippen molar-refractivity contribution in [3.05, 3.63) is 399 Å². The summed E-state index contributed by atoms with van der Waals surface area (Å²) in [6.07, 6.45) is 21.8. The Morgan fingerprint density at radius 1 is 0.317 bits per heavy atom. The molecule has 0 saturated carbocycles. The SMILES string of the molecule is C.C.C.C#Cc1cccc(C(=O)Nc2cc(Cl)cc(Oc3cccnc3)c2)c1.Cc1cccc(C(=O)Nc2cc(Cl)cc(Oc3cccnc3)c2)c1.Cc1cccc(C(=O)Nc2cccc(Oc3cccnc3)c2)c1.Cc1cccc(C(=O)Nc2cccc(Oc3cccnc3)c2)c1.O=C(Nc1cc(Cl)cc(Oc2cccnc2)c1)c1cscn1. The van der Waals surface area contributed by atoms with E-state index in [0.717, 1.165) is 16.7 Å². The van der Waals surface area contributed by atoms with Crippen molar-refractivity contribution in [1.82, 2.24) is 29.9 Å². The minimum absolute atomic E-state index is 0. The Hall–Kier alpha value is -14.9. The first-order valence-electron chi connectivity index (χ1n) is 35.6. The largest absolute Gasteiger partial charge is 0.456 e. The van der Waals surface area contributed by atoms with Gasteiger partial charge in [0.05, 0.1) is 36.5 Å². The van der Waals surface area contributed by atoms with Gasteiger partial charge in [0.2, 0.25) is 0 Å². The monoisotopic (exact) mass is 1670 g/mol. The summed E-state index contributed by atoms with van der Waals surface area (Å²) in [5.41, 5.74) is 11.0. The highest BCUT2D eigenvalue weighted by atomic mass is 35.5. The number of anilines is 5. The zero-order valence-electron chi connectivity index (χ0n) is 62.6. The number of pyridine rings is 5. The third-order valence-electron chi connectivity index (χ3n) is 15.7. The van der Waals surface area contributed by atoms with E-state index in [-0.39, 0.29) is 51.8 Å². The highest BCUT2D eigenvalue weighted by Gasteiger charge is 2.15. The van der Waals surface area contributed by atoms with Gasteiger partial charge < -0.3 is 50.3 Å². The topological polar surface area (TPSA) is 269 Å². The van der Waals surface area contributed by atoms with Crippen LogP contribution < -0.4 is 50.3 Å². The second-order valence-corrected chi connectivity index (χ2v) is 27.0. The van der Waals surface area contributed by atoms with Crippen molar-refractivity contribution in [2.24, 2.45) is 0 Å². The van der Waals surface area contributed by atoms with Crippen molar-refractivity contribution in [2.75, 3.05) is 26.6 Å². The summed E-state index contributed by atoms with van der Waals surface area (Å²) in [7, 11) is 0. The lowest BCUT2D eigenvalue weighted by Crippen LogP contribution is -2.12. The third kappa shape index (κ3) is 29.8. The molecule has 0 atom stereocenters. The number of ether oxygens (including phenoxy) is 5. The van der Waals surface area contributed by atoms with Crippen molar-refractivity contribution < 1.29 is 47.7 Å². The molecule has 0 unspecified atom stereocenters. The van der Waals surface area contributed by atoms with E-state index >= 15 is 0 Å². The van der Waals surface area contributed by atoms with Crippen LogP contribution in [0.2, 0.25) is 15.1 Å². The van der Waals surface area contributed by atoms with E-state index in [0.29, 0.717) is 135 Å². The number of benzene rings is 9. The van der Waals surface area contributed by atoms with E-state index in [1.165, 1.54) is 11.3 Å². The lowest BCUT2D eigenvalue weighted by atomic mass is 10.1. The maximum absolute atomic E-state index is 12.4. The molecule has 6 heterocycles. The van der Waals surface area contributed by atoms with Crippen LogP contribution in [-0.4, -0.2) is 59.4 Å².